The van der Waals surface area contributed by atoms with Crippen molar-refractivity contribution in [2.24, 2.45) is 5.92 Å². The van der Waals surface area contributed by atoms with E-state index in [4.69, 9.17) is 5.11 Å². The lowest BCUT2D eigenvalue weighted by Crippen LogP contribution is -2.41. The first-order valence-electron chi connectivity index (χ1n) is 6.82. The second-order valence-electron chi connectivity index (χ2n) is 4.71. The Balaban J connectivity index is 2.59. The van der Waals surface area contributed by atoms with E-state index in [1.807, 2.05) is 24.3 Å². The van der Waals surface area contributed by atoms with E-state index in [-0.39, 0.29) is 12.6 Å². The van der Waals surface area contributed by atoms with Gasteiger partial charge in [0.2, 0.25) is 0 Å². The van der Waals surface area contributed by atoms with Crippen molar-refractivity contribution < 1.29 is 14.7 Å². The summed E-state index contributed by atoms with van der Waals surface area (Å²) in [6, 6.07) is 7.42. The molecule has 1 atom stereocenters. The van der Waals surface area contributed by atoms with Gasteiger partial charge in [-0.05, 0) is 30.5 Å². The fourth-order valence-electron chi connectivity index (χ4n) is 1.81. The molecule has 20 heavy (non-hydrogen) atoms. The van der Waals surface area contributed by atoms with Gasteiger partial charge < -0.3 is 10.4 Å². The molecule has 5 nitrogen and oxygen atoms in total. The van der Waals surface area contributed by atoms with E-state index in [0.717, 1.165) is 12.1 Å². The van der Waals surface area contributed by atoms with Crippen LogP contribution in [0.15, 0.2) is 24.3 Å². The summed E-state index contributed by atoms with van der Waals surface area (Å²) in [7, 11) is 1.66. The molecule has 0 heterocycles. The molecule has 5 heteroatoms. The van der Waals surface area contributed by atoms with Gasteiger partial charge in [0.05, 0.1) is 5.92 Å². The molecule has 0 saturated heterocycles. The highest BCUT2D eigenvalue weighted by molar-refractivity contribution is 5.91. The second kappa shape index (κ2) is 7.53. The Morgan fingerprint density at radius 2 is 1.85 bits per heavy atom. The number of aliphatic carboxylic acids is 1. The third-order valence-electron chi connectivity index (χ3n) is 3.38. The molecule has 110 valence electrons. The van der Waals surface area contributed by atoms with Gasteiger partial charge in [-0.2, -0.15) is 0 Å². The van der Waals surface area contributed by atoms with E-state index in [2.05, 4.69) is 12.2 Å². The van der Waals surface area contributed by atoms with E-state index in [1.54, 1.807) is 14.0 Å². The Bertz CT molecular complexity index is 457. The first kappa shape index (κ1) is 16.0. The topological polar surface area (TPSA) is 69.6 Å². The Morgan fingerprint density at radius 3 is 2.30 bits per heavy atom. The molecule has 1 aromatic rings. The number of nitrogens with zero attached hydrogens (tertiary/aromatic N) is 1. The number of urea groups is 1. The number of hydrogen-bond acceptors (Lipinski definition) is 2. The van der Waals surface area contributed by atoms with Gasteiger partial charge in [-0.15, -0.1) is 0 Å². The number of carbonyl (C=O) groups excluding carboxylic acids is 1. The zero-order chi connectivity index (χ0) is 15.1. The minimum atomic E-state index is -0.886. The lowest BCUT2D eigenvalue weighted by atomic mass is 10.1. The van der Waals surface area contributed by atoms with Crippen molar-refractivity contribution in [2.75, 3.05) is 18.5 Å². The molecule has 2 N–H and O–H groups in total. The molecule has 0 saturated carbocycles. The molecular weight excluding hydrogens is 256 g/mol. The Labute approximate surface area is 119 Å². The predicted octanol–water partition coefficient (Wildman–Crippen LogP) is 2.51. The van der Waals surface area contributed by atoms with Crippen LogP contribution in [0.2, 0.25) is 0 Å². The molecule has 1 rings (SSSR count). The molecule has 0 aliphatic rings. The molecule has 2 amide bonds. The Hall–Kier alpha value is -2.04. The number of hydrogen-bond donors (Lipinski definition) is 2. The maximum atomic E-state index is 12.0. The van der Waals surface area contributed by atoms with Gasteiger partial charge in [0.1, 0.15) is 0 Å². The predicted molar refractivity (Wildman–Crippen MR) is 79.0 cm³/mol. The maximum absolute atomic E-state index is 12.0. The highest BCUT2D eigenvalue weighted by atomic mass is 16.4. The monoisotopic (exact) mass is 278 g/mol. The second-order valence-corrected chi connectivity index (χ2v) is 4.71. The Kier molecular flexibility index (Phi) is 6.03. The van der Waals surface area contributed by atoms with E-state index >= 15 is 0 Å². The molecular formula is C15H22N2O3. The highest BCUT2D eigenvalue weighted by Crippen LogP contribution is 2.14. The first-order chi connectivity index (χ1) is 9.49. The van der Waals surface area contributed by atoms with Crippen LogP contribution in [0.1, 0.15) is 25.8 Å². The number of rotatable bonds is 6. The summed E-state index contributed by atoms with van der Waals surface area (Å²) < 4.78 is 0. The summed E-state index contributed by atoms with van der Waals surface area (Å²) in [6.07, 6.45) is 1.44. The SMILES string of the molecule is CCc1ccc(N(C)C(=O)NCC(CC)C(=O)O)cc1. The van der Waals surface area contributed by atoms with E-state index in [0.29, 0.717) is 6.42 Å². The van der Waals surface area contributed by atoms with Crippen molar-refractivity contribution in [1.82, 2.24) is 5.32 Å². The smallest absolute Gasteiger partial charge is 0.321 e. The summed E-state index contributed by atoms with van der Waals surface area (Å²) in [5.41, 5.74) is 1.99. The van der Waals surface area contributed by atoms with Crippen LogP contribution in [-0.4, -0.2) is 30.7 Å². The summed E-state index contributed by atoms with van der Waals surface area (Å²) in [4.78, 5) is 24.3. The molecule has 0 spiro atoms. The molecule has 0 aliphatic heterocycles. The number of nitrogens with one attached hydrogen (secondary N) is 1. The molecule has 0 bridgehead atoms. The van der Waals surface area contributed by atoms with Crippen molar-refractivity contribution in [3.63, 3.8) is 0 Å². The number of anilines is 1. The number of carbonyl (C=O) groups is 2. The van der Waals surface area contributed by atoms with Crippen LogP contribution < -0.4 is 10.2 Å². The quantitative estimate of drug-likeness (QED) is 0.840. The maximum Gasteiger partial charge on any atom is 0.321 e. The summed E-state index contributed by atoms with van der Waals surface area (Å²) in [5.74, 6) is -1.43. The molecule has 0 radical (unpaired) electrons. The van der Waals surface area contributed by atoms with E-state index in [9.17, 15) is 9.59 Å². The molecule has 1 aromatic carbocycles. The lowest BCUT2D eigenvalue weighted by molar-refractivity contribution is -0.141. The fourth-order valence-corrected chi connectivity index (χ4v) is 1.81. The zero-order valence-electron chi connectivity index (χ0n) is 12.2. The number of amides is 2. The van der Waals surface area contributed by atoms with E-state index < -0.39 is 11.9 Å². The summed E-state index contributed by atoms with van der Waals surface area (Å²) in [5, 5.41) is 11.6. The highest BCUT2D eigenvalue weighted by Gasteiger charge is 2.17. The molecule has 1 unspecified atom stereocenters. The van der Waals surface area contributed by atoms with Crippen molar-refractivity contribution in [3.8, 4) is 0 Å². The van der Waals surface area contributed by atoms with Crippen molar-refractivity contribution in [3.05, 3.63) is 29.8 Å². The van der Waals surface area contributed by atoms with Crippen LogP contribution in [-0.2, 0) is 11.2 Å². The summed E-state index contributed by atoms with van der Waals surface area (Å²) >= 11 is 0. The summed E-state index contributed by atoms with van der Waals surface area (Å²) in [6.45, 7) is 4.00. The van der Waals surface area contributed by atoms with Gasteiger partial charge in [0, 0.05) is 19.3 Å². The normalized spacial score (nSPS) is 11.8. The van der Waals surface area contributed by atoms with Crippen molar-refractivity contribution in [1.29, 1.82) is 0 Å². The van der Waals surface area contributed by atoms with Gasteiger partial charge >= 0.3 is 12.0 Å². The first-order valence-corrected chi connectivity index (χ1v) is 6.82. The number of carboxylic acid groups (broad SMARTS) is 1. The van der Waals surface area contributed by atoms with Gasteiger partial charge in [-0.25, -0.2) is 4.79 Å². The van der Waals surface area contributed by atoms with Gasteiger partial charge in [-0.3, -0.25) is 9.69 Å². The van der Waals surface area contributed by atoms with Crippen molar-refractivity contribution >= 4 is 17.7 Å². The number of benzene rings is 1. The number of aryl methyl sites for hydroxylation is 1. The van der Waals surface area contributed by atoms with Crippen LogP contribution in [0.5, 0.6) is 0 Å². The van der Waals surface area contributed by atoms with Crippen LogP contribution in [0.3, 0.4) is 0 Å². The standard InChI is InChI=1S/C15H22N2O3/c1-4-11-6-8-13(9-7-11)17(3)15(20)16-10-12(5-2)14(18)19/h6-9,12H,4-5,10H2,1-3H3,(H,16,20)(H,18,19). The van der Waals surface area contributed by atoms with Crippen LogP contribution in [0, 0.1) is 5.92 Å². The Morgan fingerprint density at radius 1 is 1.25 bits per heavy atom. The van der Waals surface area contributed by atoms with Gasteiger partial charge in [0.15, 0.2) is 0 Å². The largest absolute Gasteiger partial charge is 0.481 e. The van der Waals surface area contributed by atoms with Crippen LogP contribution in [0.25, 0.3) is 0 Å². The minimum Gasteiger partial charge on any atom is -0.481 e. The third kappa shape index (κ3) is 4.26. The molecule has 0 aliphatic carbocycles. The minimum absolute atomic E-state index is 0.141. The van der Waals surface area contributed by atoms with Gasteiger partial charge in [0.25, 0.3) is 0 Å². The van der Waals surface area contributed by atoms with Gasteiger partial charge in [-0.1, -0.05) is 26.0 Å². The molecule has 0 fully saturated rings. The lowest BCUT2D eigenvalue weighted by Gasteiger charge is -2.19. The van der Waals surface area contributed by atoms with Crippen LogP contribution in [0.4, 0.5) is 10.5 Å². The van der Waals surface area contributed by atoms with Crippen molar-refractivity contribution in [2.45, 2.75) is 26.7 Å². The fraction of sp³-hybridized carbons (Fsp3) is 0.467. The average molecular weight is 278 g/mol. The zero-order valence-corrected chi connectivity index (χ0v) is 12.2. The average Bonchev–Trinajstić information content (AvgIpc) is 2.46. The van der Waals surface area contributed by atoms with E-state index in [1.165, 1.54) is 10.5 Å². The number of carboxylic acids is 1. The molecule has 0 aromatic heterocycles. The van der Waals surface area contributed by atoms with Crippen LogP contribution >= 0.6 is 0 Å². The third-order valence-corrected chi connectivity index (χ3v) is 3.38.